The second-order valence-corrected chi connectivity index (χ2v) is 4.50. The molecule has 0 amide bonds. The maximum Gasteiger partial charge on any atom is 0.256 e. The first-order valence-electron chi connectivity index (χ1n) is 6.19. The van der Waals surface area contributed by atoms with Crippen LogP contribution in [-0.4, -0.2) is 4.98 Å². The van der Waals surface area contributed by atoms with E-state index in [9.17, 15) is 4.79 Å². The van der Waals surface area contributed by atoms with Crippen LogP contribution >= 0.6 is 12.4 Å². The highest BCUT2D eigenvalue weighted by molar-refractivity contribution is 5.86. The van der Waals surface area contributed by atoms with Gasteiger partial charge in [0, 0.05) is 17.6 Å². The molecule has 1 heterocycles. The number of H-pyrrole nitrogens is 1. The van der Waals surface area contributed by atoms with Crippen molar-refractivity contribution >= 4 is 23.2 Å². The van der Waals surface area contributed by atoms with Gasteiger partial charge in [0.25, 0.3) is 5.56 Å². The highest BCUT2D eigenvalue weighted by Crippen LogP contribution is 2.22. The van der Waals surface area contributed by atoms with E-state index in [0.29, 0.717) is 11.9 Å². The number of hydrogen-bond donors (Lipinski definition) is 2. The van der Waals surface area contributed by atoms with E-state index in [2.05, 4.69) is 4.98 Å². The molecule has 0 saturated heterocycles. The van der Waals surface area contributed by atoms with E-state index in [4.69, 9.17) is 5.73 Å². The van der Waals surface area contributed by atoms with Crippen molar-refractivity contribution in [2.75, 3.05) is 0 Å². The van der Waals surface area contributed by atoms with E-state index >= 15 is 0 Å². The molecule has 102 valence electrons. The molecule has 0 aliphatic rings. The fourth-order valence-electron chi connectivity index (χ4n) is 2.24. The minimum Gasteiger partial charge on any atom is -0.325 e. The van der Waals surface area contributed by atoms with E-state index in [1.54, 1.807) is 0 Å². The summed E-state index contributed by atoms with van der Waals surface area (Å²) < 4.78 is 0. The number of nitrogens with one attached hydrogen (secondary N) is 1. The smallest absolute Gasteiger partial charge is 0.256 e. The zero-order chi connectivity index (χ0) is 13.2. The molecule has 1 aromatic heterocycles. The minimum atomic E-state index is -0.0873. The van der Waals surface area contributed by atoms with Gasteiger partial charge in [0.05, 0.1) is 0 Å². The van der Waals surface area contributed by atoms with Gasteiger partial charge in [-0.1, -0.05) is 42.5 Å². The van der Waals surface area contributed by atoms with Crippen LogP contribution in [0, 0.1) is 0 Å². The zero-order valence-electron chi connectivity index (χ0n) is 10.8. The van der Waals surface area contributed by atoms with Gasteiger partial charge >= 0.3 is 0 Å². The van der Waals surface area contributed by atoms with Crippen LogP contribution in [0.25, 0.3) is 21.9 Å². The van der Waals surface area contributed by atoms with Gasteiger partial charge in [-0.15, -0.1) is 12.4 Å². The number of aromatic amines is 1. The SMILES string of the molecule is Cl.NCc1cc2ccc(-c3ccccc3)cc2c(=O)[nH]1. The standard InChI is InChI=1S/C16H14N2O.ClH/c17-10-14-8-13-7-6-12(9-15(13)16(19)18-14)11-4-2-1-3-5-11;/h1-9H,10,17H2,(H,18,19);1H. The number of rotatable bonds is 2. The lowest BCUT2D eigenvalue weighted by molar-refractivity contribution is 0.983. The van der Waals surface area contributed by atoms with Gasteiger partial charge in [-0.3, -0.25) is 4.79 Å². The summed E-state index contributed by atoms with van der Waals surface area (Å²) in [6.45, 7) is 0.339. The normalized spacial score (nSPS) is 10.2. The number of benzene rings is 2. The Morgan fingerprint density at radius 1 is 0.950 bits per heavy atom. The molecule has 3 rings (SSSR count). The van der Waals surface area contributed by atoms with Crippen LogP contribution in [0.15, 0.2) is 59.4 Å². The number of hydrogen-bond acceptors (Lipinski definition) is 2. The van der Waals surface area contributed by atoms with E-state index < -0.39 is 0 Å². The highest BCUT2D eigenvalue weighted by atomic mass is 35.5. The predicted octanol–water partition coefficient (Wildman–Crippen LogP) is 3.08. The summed E-state index contributed by atoms with van der Waals surface area (Å²) in [5.74, 6) is 0. The van der Waals surface area contributed by atoms with Crippen molar-refractivity contribution in [1.82, 2.24) is 4.98 Å². The summed E-state index contributed by atoms with van der Waals surface area (Å²) in [7, 11) is 0. The van der Waals surface area contributed by atoms with Crippen molar-refractivity contribution in [3.63, 3.8) is 0 Å². The number of fused-ring (bicyclic) bond motifs is 1. The molecule has 20 heavy (non-hydrogen) atoms. The molecule has 0 radical (unpaired) electrons. The van der Waals surface area contributed by atoms with Gasteiger partial charge in [-0.2, -0.15) is 0 Å². The Hall–Kier alpha value is -2.10. The molecule has 0 spiro atoms. The molecule has 4 heteroatoms. The number of halogens is 1. The fraction of sp³-hybridized carbons (Fsp3) is 0.0625. The molecule has 3 aromatic rings. The number of nitrogens with two attached hydrogens (primary N) is 1. The topological polar surface area (TPSA) is 58.9 Å². The van der Waals surface area contributed by atoms with E-state index in [1.165, 1.54) is 0 Å². The molecule has 2 aromatic carbocycles. The Labute approximate surface area is 122 Å². The van der Waals surface area contributed by atoms with Crippen LogP contribution in [-0.2, 0) is 6.54 Å². The Kier molecular flexibility index (Phi) is 4.23. The highest BCUT2D eigenvalue weighted by Gasteiger charge is 2.04. The van der Waals surface area contributed by atoms with Crippen molar-refractivity contribution in [1.29, 1.82) is 0 Å². The first kappa shape index (κ1) is 14.3. The molecule has 0 saturated carbocycles. The van der Waals surface area contributed by atoms with Gasteiger partial charge in [0.2, 0.25) is 0 Å². The number of pyridine rings is 1. The average molecular weight is 287 g/mol. The molecule has 0 fully saturated rings. The van der Waals surface area contributed by atoms with E-state index in [-0.39, 0.29) is 18.0 Å². The van der Waals surface area contributed by atoms with Crippen molar-refractivity contribution in [2.45, 2.75) is 6.54 Å². The summed E-state index contributed by atoms with van der Waals surface area (Å²) in [5.41, 5.74) is 8.37. The van der Waals surface area contributed by atoms with Crippen LogP contribution < -0.4 is 11.3 Å². The number of aromatic nitrogens is 1. The first-order valence-corrected chi connectivity index (χ1v) is 6.19. The van der Waals surface area contributed by atoms with Gasteiger partial charge in [0.15, 0.2) is 0 Å². The molecule has 0 aliphatic heterocycles. The summed E-state index contributed by atoms with van der Waals surface area (Å²) in [4.78, 5) is 14.8. The lowest BCUT2D eigenvalue weighted by Crippen LogP contribution is -2.11. The third-order valence-electron chi connectivity index (χ3n) is 3.23. The molecular weight excluding hydrogens is 272 g/mol. The second kappa shape index (κ2) is 5.90. The summed E-state index contributed by atoms with van der Waals surface area (Å²) >= 11 is 0. The average Bonchev–Trinajstić information content (AvgIpc) is 2.47. The summed E-state index contributed by atoms with van der Waals surface area (Å²) in [6.07, 6.45) is 0. The zero-order valence-corrected chi connectivity index (χ0v) is 11.6. The Bertz CT molecular complexity index is 781. The maximum atomic E-state index is 12.0. The largest absolute Gasteiger partial charge is 0.325 e. The Morgan fingerprint density at radius 2 is 1.70 bits per heavy atom. The third-order valence-corrected chi connectivity index (χ3v) is 3.23. The predicted molar refractivity (Wildman–Crippen MR) is 85.1 cm³/mol. The van der Waals surface area contributed by atoms with Crippen LogP contribution in [0.4, 0.5) is 0 Å². The quantitative estimate of drug-likeness (QED) is 0.760. The summed E-state index contributed by atoms with van der Waals surface area (Å²) in [5, 5.41) is 1.61. The van der Waals surface area contributed by atoms with Crippen LogP contribution in [0.1, 0.15) is 5.69 Å². The van der Waals surface area contributed by atoms with Crippen molar-refractivity contribution in [3.8, 4) is 11.1 Å². The molecule has 0 unspecified atom stereocenters. The van der Waals surface area contributed by atoms with Crippen LogP contribution in [0.5, 0.6) is 0 Å². The van der Waals surface area contributed by atoms with Crippen molar-refractivity contribution in [2.24, 2.45) is 5.73 Å². The monoisotopic (exact) mass is 286 g/mol. The molecule has 0 atom stereocenters. The van der Waals surface area contributed by atoms with Gasteiger partial charge in [-0.25, -0.2) is 0 Å². The fourth-order valence-corrected chi connectivity index (χ4v) is 2.24. The van der Waals surface area contributed by atoms with Crippen LogP contribution in [0.2, 0.25) is 0 Å². The molecule has 3 N–H and O–H groups in total. The molecule has 0 aliphatic carbocycles. The molecule has 0 bridgehead atoms. The van der Waals surface area contributed by atoms with E-state index in [0.717, 1.165) is 22.2 Å². The van der Waals surface area contributed by atoms with Gasteiger partial charge in [-0.05, 0) is 28.6 Å². The third kappa shape index (κ3) is 2.59. The van der Waals surface area contributed by atoms with Gasteiger partial charge in [0.1, 0.15) is 0 Å². The summed E-state index contributed by atoms with van der Waals surface area (Å²) in [6, 6.07) is 17.8. The first-order chi connectivity index (χ1) is 9.28. The van der Waals surface area contributed by atoms with Crippen LogP contribution in [0.3, 0.4) is 0 Å². The minimum absolute atomic E-state index is 0. The van der Waals surface area contributed by atoms with E-state index in [1.807, 2.05) is 54.6 Å². The second-order valence-electron chi connectivity index (χ2n) is 4.50. The Morgan fingerprint density at radius 3 is 2.40 bits per heavy atom. The Balaban J connectivity index is 0.00000147. The van der Waals surface area contributed by atoms with Crippen molar-refractivity contribution < 1.29 is 0 Å². The molecular formula is C16H15ClN2O. The lowest BCUT2D eigenvalue weighted by Gasteiger charge is -2.05. The maximum absolute atomic E-state index is 12.0. The van der Waals surface area contributed by atoms with Gasteiger partial charge < -0.3 is 10.7 Å². The lowest BCUT2D eigenvalue weighted by atomic mass is 10.0. The molecule has 3 nitrogen and oxygen atoms in total. The van der Waals surface area contributed by atoms with Crippen molar-refractivity contribution in [3.05, 3.63) is 70.6 Å².